The van der Waals surface area contributed by atoms with Crippen molar-refractivity contribution in [3.05, 3.63) is 52.3 Å². The van der Waals surface area contributed by atoms with E-state index >= 15 is 0 Å². The van der Waals surface area contributed by atoms with Crippen LogP contribution in [0.15, 0.2) is 46.1 Å². The van der Waals surface area contributed by atoms with Crippen LogP contribution in [0.4, 0.5) is 4.39 Å². The van der Waals surface area contributed by atoms with Crippen LogP contribution in [0.5, 0.6) is 11.5 Å². The summed E-state index contributed by atoms with van der Waals surface area (Å²) in [6.45, 7) is 1.76. The van der Waals surface area contributed by atoms with Gasteiger partial charge in [-0.15, -0.1) is 11.8 Å². The fraction of sp³-hybridized carbons (Fsp3) is 0.250. The van der Waals surface area contributed by atoms with Gasteiger partial charge in [-0.05, 0) is 43.5 Å². The quantitative estimate of drug-likeness (QED) is 0.231. The van der Waals surface area contributed by atoms with Gasteiger partial charge in [0.15, 0.2) is 0 Å². The predicted molar refractivity (Wildman–Crippen MR) is 124 cm³/mol. The highest BCUT2D eigenvalue weighted by molar-refractivity contribution is 7.98. The van der Waals surface area contributed by atoms with Crippen molar-refractivity contribution in [2.24, 2.45) is 0 Å². The first-order chi connectivity index (χ1) is 14.7. The molecule has 31 heavy (non-hydrogen) atoms. The lowest BCUT2D eigenvalue weighted by Gasteiger charge is -2.18. The van der Waals surface area contributed by atoms with E-state index in [1.165, 1.54) is 31.4 Å². The number of ether oxygens (including phenoxy) is 3. The lowest BCUT2D eigenvalue weighted by molar-refractivity contribution is 0.0516. The van der Waals surface area contributed by atoms with E-state index < -0.39 is 16.9 Å². The number of thioether (sulfide) groups is 1. The number of hydrogen-bond acceptors (Lipinski definition) is 7. The molecule has 0 bridgehead atoms. The molecular formula is C20H21BFN2O5PS. The van der Waals surface area contributed by atoms with Crippen molar-refractivity contribution in [1.82, 2.24) is 9.78 Å². The number of esters is 1. The standard InChI is InChI=1S/C20H21BFN2O5PS/c1-4-28-19(26)17-18(25)16-14(9-13(27-2)10-15(16)31-3)24(23-17)11-5-7-12(8-6-11)29-20(21,22)30/h5-10H,4,21,30H2,1-3H3. The summed E-state index contributed by atoms with van der Waals surface area (Å²) in [6.07, 6.45) is 1.82. The second-order valence-corrected chi connectivity index (χ2v) is 8.49. The number of aromatic nitrogens is 2. The summed E-state index contributed by atoms with van der Waals surface area (Å²) in [5, 5.41) is 4.62. The van der Waals surface area contributed by atoms with Crippen LogP contribution < -0.4 is 14.9 Å². The smallest absolute Gasteiger partial charge is 0.362 e. The van der Waals surface area contributed by atoms with E-state index in [0.717, 1.165) is 0 Å². The Morgan fingerprint density at radius 2 is 1.97 bits per heavy atom. The molecule has 3 aromatic rings. The van der Waals surface area contributed by atoms with E-state index in [1.807, 2.05) is 15.5 Å². The van der Waals surface area contributed by atoms with Crippen LogP contribution in [0, 0.1) is 0 Å². The molecule has 0 aliphatic rings. The summed E-state index contributed by atoms with van der Waals surface area (Å²) in [5.41, 5.74) is -1.77. The SMILES string of the molecule is BC(F)(P)Oc1ccc(-n2nc(C(=O)OCC)c(=O)c3c(SC)cc(OC)cc32)cc1. The number of rotatable bonds is 7. The van der Waals surface area contributed by atoms with Crippen molar-refractivity contribution in [1.29, 1.82) is 0 Å². The van der Waals surface area contributed by atoms with Gasteiger partial charge in [0.2, 0.25) is 24.5 Å². The lowest BCUT2D eigenvalue weighted by Crippen LogP contribution is -2.24. The van der Waals surface area contributed by atoms with Crippen LogP contribution in [0.2, 0.25) is 0 Å². The van der Waals surface area contributed by atoms with Crippen molar-refractivity contribution in [2.75, 3.05) is 20.0 Å². The average molecular weight is 462 g/mol. The van der Waals surface area contributed by atoms with E-state index in [1.54, 1.807) is 43.3 Å². The molecule has 162 valence electrons. The highest BCUT2D eigenvalue weighted by atomic mass is 32.2. The number of benzene rings is 2. The van der Waals surface area contributed by atoms with Gasteiger partial charge in [0.25, 0.3) is 0 Å². The minimum Gasteiger partial charge on any atom is -0.497 e. The largest absolute Gasteiger partial charge is 0.497 e. The lowest BCUT2D eigenvalue weighted by atomic mass is 10.1. The molecule has 1 heterocycles. The van der Waals surface area contributed by atoms with E-state index in [0.29, 0.717) is 33.0 Å². The maximum Gasteiger partial charge on any atom is 0.362 e. The highest BCUT2D eigenvalue weighted by Gasteiger charge is 2.22. The zero-order valence-corrected chi connectivity index (χ0v) is 19.4. The third-order valence-corrected chi connectivity index (χ3v) is 5.13. The minimum absolute atomic E-state index is 0.110. The Balaban J connectivity index is 2.29. The topological polar surface area (TPSA) is 79.7 Å². The maximum absolute atomic E-state index is 13.8. The van der Waals surface area contributed by atoms with E-state index in [-0.39, 0.29) is 12.3 Å². The molecule has 2 aromatic carbocycles. The van der Waals surface area contributed by atoms with Crippen LogP contribution >= 0.6 is 21.0 Å². The summed E-state index contributed by atoms with van der Waals surface area (Å²) in [6, 6.07) is 9.84. The van der Waals surface area contributed by atoms with Crippen molar-refractivity contribution in [3.63, 3.8) is 0 Å². The molecule has 0 fully saturated rings. The van der Waals surface area contributed by atoms with Gasteiger partial charge in [-0.3, -0.25) is 4.79 Å². The Morgan fingerprint density at radius 1 is 1.29 bits per heavy atom. The number of carbonyl (C=O) groups is 1. The molecule has 7 nitrogen and oxygen atoms in total. The number of fused-ring (bicyclic) bond motifs is 1. The average Bonchev–Trinajstić information content (AvgIpc) is 2.72. The molecule has 2 unspecified atom stereocenters. The third kappa shape index (κ3) is 5.02. The number of halogens is 1. The first-order valence-corrected chi connectivity index (χ1v) is 11.1. The van der Waals surface area contributed by atoms with Crippen LogP contribution in [-0.2, 0) is 4.74 Å². The molecule has 0 spiro atoms. The van der Waals surface area contributed by atoms with Crippen molar-refractivity contribution < 1.29 is 23.4 Å². The van der Waals surface area contributed by atoms with Crippen LogP contribution in [0.1, 0.15) is 17.4 Å². The fourth-order valence-electron chi connectivity index (χ4n) is 2.98. The fourth-order valence-corrected chi connectivity index (χ4v) is 3.76. The van der Waals surface area contributed by atoms with Crippen molar-refractivity contribution in [3.8, 4) is 17.2 Å². The van der Waals surface area contributed by atoms with Gasteiger partial charge in [0, 0.05) is 11.0 Å². The Labute approximate surface area is 185 Å². The van der Waals surface area contributed by atoms with E-state index in [4.69, 9.17) is 14.2 Å². The molecule has 0 radical (unpaired) electrons. The first-order valence-electron chi connectivity index (χ1n) is 9.32. The van der Waals surface area contributed by atoms with Crippen LogP contribution in [0.25, 0.3) is 16.6 Å². The van der Waals surface area contributed by atoms with Crippen LogP contribution in [0.3, 0.4) is 0 Å². The molecule has 0 aliphatic heterocycles. The minimum atomic E-state index is -1.92. The number of carbonyl (C=O) groups excluding carboxylic acids is 1. The predicted octanol–water partition coefficient (Wildman–Crippen LogP) is 2.76. The second-order valence-electron chi connectivity index (χ2n) is 6.62. The van der Waals surface area contributed by atoms with Gasteiger partial charge < -0.3 is 14.2 Å². The van der Waals surface area contributed by atoms with Gasteiger partial charge in [-0.1, -0.05) is 9.24 Å². The van der Waals surface area contributed by atoms with Crippen LogP contribution in [-0.4, -0.2) is 49.1 Å². The molecule has 0 N–H and O–H groups in total. The highest BCUT2D eigenvalue weighted by Crippen LogP contribution is 2.31. The summed E-state index contributed by atoms with van der Waals surface area (Å²) in [4.78, 5) is 26.2. The molecule has 1 aromatic heterocycles. The van der Waals surface area contributed by atoms with E-state index in [9.17, 15) is 14.0 Å². The third-order valence-electron chi connectivity index (χ3n) is 4.25. The van der Waals surface area contributed by atoms with Gasteiger partial charge in [-0.2, -0.15) is 5.10 Å². The molecule has 11 heteroatoms. The Morgan fingerprint density at radius 3 is 2.52 bits per heavy atom. The van der Waals surface area contributed by atoms with Gasteiger partial charge in [0.05, 0.1) is 30.3 Å². The maximum atomic E-state index is 13.8. The first kappa shape index (κ1) is 23.1. The zero-order valence-electron chi connectivity index (χ0n) is 17.5. The normalized spacial score (nSPS) is 12.9. The number of hydrogen-bond donors (Lipinski definition) is 0. The molecule has 0 saturated heterocycles. The summed E-state index contributed by atoms with van der Waals surface area (Å²) in [7, 11) is 4.75. The monoisotopic (exact) mass is 462 g/mol. The summed E-state index contributed by atoms with van der Waals surface area (Å²) >= 11 is 1.35. The van der Waals surface area contributed by atoms with Crippen molar-refractivity contribution >= 4 is 45.7 Å². The molecule has 2 atom stereocenters. The Hall–Kier alpha value is -2.58. The zero-order chi connectivity index (χ0) is 22.8. The molecule has 0 amide bonds. The molecule has 0 saturated carbocycles. The number of alkyl halides is 1. The molecule has 0 aliphatic carbocycles. The Kier molecular flexibility index (Phi) is 6.91. The van der Waals surface area contributed by atoms with Gasteiger partial charge >= 0.3 is 5.97 Å². The summed E-state index contributed by atoms with van der Waals surface area (Å²) in [5.74, 6) is 0.0381. The molecule has 3 rings (SSSR count). The van der Waals surface area contributed by atoms with Crippen molar-refractivity contribution in [2.45, 2.75) is 17.3 Å². The van der Waals surface area contributed by atoms with E-state index in [2.05, 4.69) is 5.10 Å². The van der Waals surface area contributed by atoms with Gasteiger partial charge in [0.1, 0.15) is 11.5 Å². The number of methoxy groups -OCH3 is 1. The molecular weight excluding hydrogens is 441 g/mol. The Bertz CT molecular complexity index is 1180. The number of nitrogens with zero attached hydrogens (tertiary/aromatic N) is 2. The summed E-state index contributed by atoms with van der Waals surface area (Å²) < 4.78 is 30.8. The van der Waals surface area contributed by atoms with Gasteiger partial charge in [-0.25, -0.2) is 13.9 Å². The second kappa shape index (κ2) is 9.28.